The van der Waals surface area contributed by atoms with E-state index in [4.69, 9.17) is 0 Å². The van der Waals surface area contributed by atoms with Crippen LogP contribution in [0.4, 0.5) is 0 Å². The van der Waals surface area contributed by atoms with Crippen LogP contribution in [-0.4, -0.2) is 31.3 Å². The first-order chi connectivity index (χ1) is 10.2. The lowest BCUT2D eigenvalue weighted by Crippen LogP contribution is -2.40. The lowest BCUT2D eigenvalue weighted by Gasteiger charge is -2.13. The van der Waals surface area contributed by atoms with Crippen LogP contribution in [0.1, 0.15) is 26.7 Å². The number of aromatic nitrogens is 4. The summed E-state index contributed by atoms with van der Waals surface area (Å²) in [6.45, 7) is 6.33. The minimum atomic E-state index is -0.276. The van der Waals surface area contributed by atoms with Crippen molar-refractivity contribution in [3.8, 4) is 0 Å². The third kappa shape index (κ3) is 2.21. The Morgan fingerprint density at radius 3 is 2.67 bits per heavy atom. The summed E-state index contributed by atoms with van der Waals surface area (Å²) in [7, 11) is 0. The zero-order valence-electron chi connectivity index (χ0n) is 12.5. The fourth-order valence-corrected chi connectivity index (χ4v) is 3.09. The summed E-state index contributed by atoms with van der Waals surface area (Å²) in [6, 6.07) is 0.374. The molecule has 2 aromatic heterocycles. The molecule has 0 radical (unpaired) electrons. The lowest BCUT2D eigenvalue weighted by atomic mass is 10.2. The minimum Gasteiger partial charge on any atom is -0.323 e. The van der Waals surface area contributed by atoms with Crippen molar-refractivity contribution in [1.82, 2.24) is 24.0 Å². The van der Waals surface area contributed by atoms with Gasteiger partial charge in [-0.1, -0.05) is 0 Å². The number of nitrogens with zero attached hydrogens (tertiary/aromatic N) is 4. The molecule has 1 fully saturated rings. The van der Waals surface area contributed by atoms with E-state index < -0.39 is 0 Å². The summed E-state index contributed by atoms with van der Waals surface area (Å²) in [5.41, 5.74) is 0.515. The van der Waals surface area contributed by atoms with Gasteiger partial charge in [0.1, 0.15) is 0 Å². The van der Waals surface area contributed by atoms with Crippen LogP contribution in [0.25, 0.3) is 11.2 Å². The molecule has 1 aliphatic rings. The van der Waals surface area contributed by atoms with Crippen molar-refractivity contribution >= 4 is 11.2 Å². The predicted molar refractivity (Wildman–Crippen MR) is 80.6 cm³/mol. The molecule has 0 aliphatic carbocycles. The second-order valence-electron chi connectivity index (χ2n) is 5.44. The summed E-state index contributed by atoms with van der Waals surface area (Å²) in [6.07, 6.45) is 3.95. The zero-order valence-corrected chi connectivity index (χ0v) is 12.5. The summed E-state index contributed by atoms with van der Waals surface area (Å²) in [5.74, 6) is 0. The average molecular weight is 291 g/mol. The van der Waals surface area contributed by atoms with Crippen LogP contribution in [0.15, 0.2) is 15.9 Å². The van der Waals surface area contributed by atoms with Gasteiger partial charge in [-0.3, -0.25) is 13.9 Å². The van der Waals surface area contributed by atoms with Gasteiger partial charge in [0.15, 0.2) is 11.2 Å². The molecular weight excluding hydrogens is 270 g/mol. The molecule has 0 aromatic carbocycles. The number of rotatable bonds is 4. The zero-order chi connectivity index (χ0) is 15.0. The lowest BCUT2D eigenvalue weighted by molar-refractivity contribution is 0.514. The molecule has 0 bridgehead atoms. The van der Waals surface area contributed by atoms with Crippen LogP contribution in [0.3, 0.4) is 0 Å². The van der Waals surface area contributed by atoms with E-state index >= 15 is 0 Å². The largest absolute Gasteiger partial charge is 0.332 e. The number of aryl methyl sites for hydroxylation is 1. The topological polar surface area (TPSA) is 73.8 Å². The number of hydrogen-bond donors (Lipinski definition) is 1. The fourth-order valence-electron chi connectivity index (χ4n) is 3.09. The molecule has 3 rings (SSSR count). The Morgan fingerprint density at radius 1 is 1.29 bits per heavy atom. The second-order valence-corrected chi connectivity index (χ2v) is 5.44. The molecule has 7 heteroatoms. The van der Waals surface area contributed by atoms with Crippen LogP contribution in [0.5, 0.6) is 0 Å². The Balaban J connectivity index is 2.19. The highest BCUT2D eigenvalue weighted by molar-refractivity contribution is 5.70. The first kappa shape index (κ1) is 14.1. The van der Waals surface area contributed by atoms with Crippen LogP contribution in [-0.2, 0) is 19.6 Å². The smallest absolute Gasteiger partial charge is 0.323 e. The van der Waals surface area contributed by atoms with Gasteiger partial charge in [-0.15, -0.1) is 0 Å². The van der Waals surface area contributed by atoms with E-state index in [0.29, 0.717) is 30.3 Å². The SMILES string of the molecule is CCn1c(=O)c2c(ncn2CC2CCCN2)n(CC)c1=O. The van der Waals surface area contributed by atoms with Gasteiger partial charge in [0.05, 0.1) is 6.33 Å². The Kier molecular flexibility index (Phi) is 3.67. The Bertz CT molecular complexity index is 764. The molecule has 3 heterocycles. The summed E-state index contributed by atoms with van der Waals surface area (Å²) in [5, 5.41) is 3.42. The van der Waals surface area contributed by atoms with Crippen molar-refractivity contribution in [3.05, 3.63) is 27.2 Å². The van der Waals surface area contributed by atoms with Crippen LogP contribution in [0.2, 0.25) is 0 Å². The van der Waals surface area contributed by atoms with E-state index in [9.17, 15) is 9.59 Å². The molecule has 114 valence electrons. The Hall–Kier alpha value is -1.89. The van der Waals surface area contributed by atoms with E-state index in [-0.39, 0.29) is 11.2 Å². The fraction of sp³-hybridized carbons (Fsp3) is 0.643. The van der Waals surface area contributed by atoms with E-state index in [1.807, 2.05) is 18.4 Å². The first-order valence-electron chi connectivity index (χ1n) is 7.59. The standard InChI is InChI=1S/C14H21N5O2/c1-3-18-12-11(13(20)19(4-2)14(18)21)17(9-16-12)8-10-6-5-7-15-10/h9-10,15H,3-8H2,1-2H3. The van der Waals surface area contributed by atoms with Gasteiger partial charge in [-0.05, 0) is 33.2 Å². The van der Waals surface area contributed by atoms with Crippen molar-refractivity contribution in [2.24, 2.45) is 0 Å². The number of fused-ring (bicyclic) bond motifs is 1. The molecule has 7 nitrogen and oxygen atoms in total. The highest BCUT2D eigenvalue weighted by Gasteiger charge is 2.20. The van der Waals surface area contributed by atoms with E-state index in [1.165, 1.54) is 4.57 Å². The van der Waals surface area contributed by atoms with Gasteiger partial charge in [-0.2, -0.15) is 0 Å². The van der Waals surface area contributed by atoms with Crippen molar-refractivity contribution in [2.75, 3.05) is 6.54 Å². The van der Waals surface area contributed by atoms with E-state index in [1.54, 1.807) is 10.9 Å². The van der Waals surface area contributed by atoms with Gasteiger partial charge < -0.3 is 9.88 Å². The van der Waals surface area contributed by atoms with Gasteiger partial charge in [0, 0.05) is 25.7 Å². The molecule has 0 saturated carbocycles. The highest BCUT2D eigenvalue weighted by Crippen LogP contribution is 2.12. The monoisotopic (exact) mass is 291 g/mol. The van der Waals surface area contributed by atoms with Gasteiger partial charge in [0.25, 0.3) is 5.56 Å². The summed E-state index contributed by atoms with van der Waals surface area (Å²) >= 11 is 0. The summed E-state index contributed by atoms with van der Waals surface area (Å²) < 4.78 is 4.74. The highest BCUT2D eigenvalue weighted by atomic mass is 16.2. The quantitative estimate of drug-likeness (QED) is 0.870. The van der Waals surface area contributed by atoms with Crippen LogP contribution < -0.4 is 16.6 Å². The average Bonchev–Trinajstić information content (AvgIpc) is 3.11. The maximum absolute atomic E-state index is 12.6. The normalized spacial score (nSPS) is 18.7. The van der Waals surface area contributed by atoms with Crippen molar-refractivity contribution < 1.29 is 0 Å². The van der Waals surface area contributed by atoms with Gasteiger partial charge in [-0.25, -0.2) is 9.78 Å². The molecule has 0 amide bonds. The van der Waals surface area contributed by atoms with Crippen molar-refractivity contribution in [3.63, 3.8) is 0 Å². The Labute approximate surface area is 122 Å². The van der Waals surface area contributed by atoms with Crippen molar-refractivity contribution in [1.29, 1.82) is 0 Å². The van der Waals surface area contributed by atoms with Crippen LogP contribution >= 0.6 is 0 Å². The minimum absolute atomic E-state index is 0.238. The Morgan fingerprint density at radius 2 is 2.05 bits per heavy atom. The number of nitrogens with one attached hydrogen (secondary N) is 1. The van der Waals surface area contributed by atoms with E-state index in [2.05, 4.69) is 10.3 Å². The molecule has 2 aromatic rings. The molecule has 21 heavy (non-hydrogen) atoms. The molecule has 0 spiro atoms. The predicted octanol–water partition coefficient (Wildman–Crippen LogP) is 0.152. The molecule has 1 unspecified atom stereocenters. The summed E-state index contributed by atoms with van der Waals surface area (Å²) in [4.78, 5) is 29.2. The third-order valence-electron chi connectivity index (χ3n) is 4.20. The maximum atomic E-state index is 12.6. The molecule has 1 N–H and O–H groups in total. The number of imidazole rings is 1. The first-order valence-corrected chi connectivity index (χ1v) is 7.59. The maximum Gasteiger partial charge on any atom is 0.332 e. The molecular formula is C14H21N5O2. The molecule has 1 saturated heterocycles. The van der Waals surface area contributed by atoms with Gasteiger partial charge in [0.2, 0.25) is 0 Å². The molecule has 1 atom stereocenters. The van der Waals surface area contributed by atoms with Crippen LogP contribution in [0, 0.1) is 0 Å². The third-order valence-corrected chi connectivity index (χ3v) is 4.20. The number of hydrogen-bond acceptors (Lipinski definition) is 4. The van der Waals surface area contributed by atoms with E-state index in [0.717, 1.165) is 25.9 Å². The second kappa shape index (κ2) is 5.48. The molecule has 1 aliphatic heterocycles. The van der Waals surface area contributed by atoms with Crippen molar-refractivity contribution in [2.45, 2.75) is 52.4 Å². The van der Waals surface area contributed by atoms with Gasteiger partial charge >= 0.3 is 5.69 Å².